The zero-order chi connectivity index (χ0) is 12.8. The zero-order valence-corrected chi connectivity index (χ0v) is 10.00. The van der Waals surface area contributed by atoms with Crippen molar-refractivity contribution in [3.05, 3.63) is 34.6 Å². The molecule has 17 heavy (non-hydrogen) atoms. The summed E-state index contributed by atoms with van der Waals surface area (Å²) in [5.41, 5.74) is -0.0576. The van der Waals surface area contributed by atoms with Gasteiger partial charge in [-0.1, -0.05) is 17.7 Å². The number of hydrogen-bond donors (Lipinski definition) is 2. The molecule has 1 rings (SSSR count). The fourth-order valence-corrected chi connectivity index (χ4v) is 1.68. The van der Waals surface area contributed by atoms with Crippen molar-refractivity contribution in [2.75, 3.05) is 20.3 Å². The van der Waals surface area contributed by atoms with E-state index in [0.717, 1.165) is 0 Å². The van der Waals surface area contributed by atoms with Gasteiger partial charge >= 0.3 is 5.97 Å². The van der Waals surface area contributed by atoms with Crippen molar-refractivity contribution in [1.29, 1.82) is 0 Å². The molecule has 0 spiro atoms. The van der Waals surface area contributed by atoms with Gasteiger partial charge in [0.05, 0.1) is 6.61 Å². The van der Waals surface area contributed by atoms with Gasteiger partial charge in [-0.3, -0.25) is 10.1 Å². The molecule has 0 bridgehead atoms. The Hall–Kier alpha value is -1.17. The summed E-state index contributed by atoms with van der Waals surface area (Å²) < 4.78 is 18.3. The van der Waals surface area contributed by atoms with Crippen LogP contribution in [0, 0.1) is 5.82 Å². The smallest absolute Gasteiger partial charge is 0.325 e. The molecule has 0 aromatic heterocycles. The first-order valence-electron chi connectivity index (χ1n) is 4.97. The fourth-order valence-electron chi connectivity index (χ4n) is 1.40. The van der Waals surface area contributed by atoms with E-state index < -0.39 is 17.8 Å². The van der Waals surface area contributed by atoms with Crippen LogP contribution < -0.4 is 5.32 Å². The van der Waals surface area contributed by atoms with Crippen LogP contribution in [0.1, 0.15) is 11.6 Å². The third kappa shape index (κ3) is 3.66. The lowest BCUT2D eigenvalue weighted by atomic mass is 10.1. The number of carbonyl (C=O) groups is 1. The Balaban J connectivity index is 2.93. The van der Waals surface area contributed by atoms with Crippen LogP contribution in [0.15, 0.2) is 18.2 Å². The van der Waals surface area contributed by atoms with Gasteiger partial charge in [-0.05, 0) is 12.1 Å². The largest absolute Gasteiger partial charge is 0.480 e. The van der Waals surface area contributed by atoms with Crippen LogP contribution in [0.3, 0.4) is 0 Å². The normalized spacial score (nSPS) is 12.4. The van der Waals surface area contributed by atoms with E-state index >= 15 is 0 Å². The molecule has 2 N–H and O–H groups in total. The minimum absolute atomic E-state index is 0.0576. The van der Waals surface area contributed by atoms with Crippen molar-refractivity contribution in [1.82, 2.24) is 5.32 Å². The minimum atomic E-state index is -1.19. The van der Waals surface area contributed by atoms with Gasteiger partial charge in [0, 0.05) is 24.2 Å². The number of rotatable bonds is 6. The monoisotopic (exact) mass is 261 g/mol. The lowest BCUT2D eigenvalue weighted by Crippen LogP contribution is -2.32. The van der Waals surface area contributed by atoms with Gasteiger partial charge in [0.1, 0.15) is 11.9 Å². The average Bonchev–Trinajstić information content (AvgIpc) is 2.26. The maximum atomic E-state index is 13.6. The molecule has 0 aliphatic heterocycles. The van der Waals surface area contributed by atoms with Gasteiger partial charge in [-0.25, -0.2) is 4.39 Å². The molecule has 0 aliphatic rings. The molecule has 1 aromatic carbocycles. The molecule has 0 radical (unpaired) electrons. The molecule has 1 aromatic rings. The van der Waals surface area contributed by atoms with Crippen molar-refractivity contribution in [2.45, 2.75) is 6.04 Å². The number of methoxy groups -OCH3 is 1. The summed E-state index contributed by atoms with van der Waals surface area (Å²) in [4.78, 5) is 11.1. The van der Waals surface area contributed by atoms with E-state index in [2.05, 4.69) is 5.32 Å². The molecule has 0 amide bonds. The third-order valence-electron chi connectivity index (χ3n) is 2.19. The van der Waals surface area contributed by atoms with Gasteiger partial charge in [0.25, 0.3) is 0 Å². The van der Waals surface area contributed by atoms with Crippen LogP contribution >= 0.6 is 11.6 Å². The predicted molar refractivity (Wildman–Crippen MR) is 61.7 cm³/mol. The molecule has 0 fully saturated rings. The highest BCUT2D eigenvalue weighted by Crippen LogP contribution is 2.25. The summed E-state index contributed by atoms with van der Waals surface area (Å²) in [5.74, 6) is -1.83. The van der Waals surface area contributed by atoms with Crippen molar-refractivity contribution >= 4 is 17.6 Å². The van der Waals surface area contributed by atoms with Crippen LogP contribution in [0.25, 0.3) is 0 Å². The molecular formula is C11H13ClFNO3. The maximum absolute atomic E-state index is 13.6. The van der Waals surface area contributed by atoms with Crippen molar-refractivity contribution < 1.29 is 19.0 Å². The number of hydrogen-bond acceptors (Lipinski definition) is 3. The van der Waals surface area contributed by atoms with Gasteiger partial charge in [0.2, 0.25) is 0 Å². The molecule has 0 saturated carbocycles. The van der Waals surface area contributed by atoms with E-state index in [1.807, 2.05) is 0 Å². The Labute approximate surface area is 103 Å². The molecule has 0 heterocycles. The first-order chi connectivity index (χ1) is 8.07. The zero-order valence-electron chi connectivity index (χ0n) is 9.24. The van der Waals surface area contributed by atoms with E-state index in [4.69, 9.17) is 21.4 Å². The first kappa shape index (κ1) is 13.9. The average molecular weight is 262 g/mol. The standard InChI is InChI=1S/C11H13ClFNO3/c1-17-6-5-14-10(11(15)16)9-7(12)3-2-4-8(9)13/h2-4,10,14H,5-6H2,1H3,(H,15,16). The summed E-state index contributed by atoms with van der Waals surface area (Å²) >= 11 is 5.81. The van der Waals surface area contributed by atoms with E-state index in [-0.39, 0.29) is 17.1 Å². The third-order valence-corrected chi connectivity index (χ3v) is 2.52. The number of aliphatic carboxylic acids is 1. The summed E-state index contributed by atoms with van der Waals surface area (Å²) in [7, 11) is 1.49. The Morgan fingerprint density at radius 3 is 2.88 bits per heavy atom. The van der Waals surface area contributed by atoms with Crippen LogP contribution in [-0.4, -0.2) is 31.3 Å². The maximum Gasteiger partial charge on any atom is 0.325 e. The van der Waals surface area contributed by atoms with Crippen LogP contribution in [0.4, 0.5) is 4.39 Å². The summed E-state index contributed by atoms with van der Waals surface area (Å²) in [6.45, 7) is 0.619. The lowest BCUT2D eigenvalue weighted by Gasteiger charge is -2.16. The molecule has 1 unspecified atom stereocenters. The SMILES string of the molecule is COCCNC(C(=O)O)c1c(F)cccc1Cl. The summed E-state index contributed by atoms with van der Waals surface area (Å²) in [6.07, 6.45) is 0. The van der Waals surface area contributed by atoms with E-state index in [0.29, 0.717) is 6.61 Å². The Morgan fingerprint density at radius 2 is 2.35 bits per heavy atom. The predicted octanol–water partition coefficient (Wildman–Crippen LogP) is 1.84. The second kappa shape index (κ2) is 6.54. The second-order valence-electron chi connectivity index (χ2n) is 3.35. The van der Waals surface area contributed by atoms with E-state index in [1.165, 1.54) is 25.3 Å². The molecular weight excluding hydrogens is 249 g/mol. The van der Waals surface area contributed by atoms with E-state index in [9.17, 15) is 9.18 Å². The number of nitrogens with one attached hydrogen (secondary N) is 1. The molecule has 94 valence electrons. The minimum Gasteiger partial charge on any atom is -0.480 e. The van der Waals surface area contributed by atoms with Gasteiger partial charge < -0.3 is 9.84 Å². The summed E-state index contributed by atoms with van der Waals surface area (Å²) in [6, 6.07) is 2.87. The first-order valence-corrected chi connectivity index (χ1v) is 5.34. The second-order valence-corrected chi connectivity index (χ2v) is 3.76. The lowest BCUT2D eigenvalue weighted by molar-refractivity contribution is -0.139. The van der Waals surface area contributed by atoms with Crippen LogP contribution in [-0.2, 0) is 9.53 Å². The van der Waals surface area contributed by atoms with Crippen molar-refractivity contribution in [2.24, 2.45) is 0 Å². The fraction of sp³-hybridized carbons (Fsp3) is 0.364. The molecule has 1 atom stereocenters. The van der Waals surface area contributed by atoms with Crippen LogP contribution in [0.2, 0.25) is 5.02 Å². The van der Waals surface area contributed by atoms with E-state index in [1.54, 1.807) is 0 Å². The van der Waals surface area contributed by atoms with Gasteiger partial charge in [-0.2, -0.15) is 0 Å². The van der Waals surface area contributed by atoms with Crippen LogP contribution in [0.5, 0.6) is 0 Å². The number of carboxylic acid groups (broad SMARTS) is 1. The molecule has 0 aliphatic carbocycles. The number of carboxylic acids is 1. The van der Waals surface area contributed by atoms with Gasteiger partial charge in [-0.15, -0.1) is 0 Å². The highest BCUT2D eigenvalue weighted by Gasteiger charge is 2.24. The Morgan fingerprint density at radius 1 is 1.65 bits per heavy atom. The highest BCUT2D eigenvalue weighted by molar-refractivity contribution is 6.31. The Kier molecular flexibility index (Phi) is 5.34. The molecule has 6 heteroatoms. The van der Waals surface area contributed by atoms with Gasteiger partial charge in [0.15, 0.2) is 0 Å². The number of halogens is 2. The van der Waals surface area contributed by atoms with Crippen molar-refractivity contribution in [3.8, 4) is 0 Å². The van der Waals surface area contributed by atoms with Crippen molar-refractivity contribution in [3.63, 3.8) is 0 Å². The topological polar surface area (TPSA) is 58.6 Å². The number of ether oxygens (including phenoxy) is 1. The quantitative estimate of drug-likeness (QED) is 0.767. The highest BCUT2D eigenvalue weighted by atomic mass is 35.5. The number of benzene rings is 1. The molecule has 4 nitrogen and oxygen atoms in total. The Bertz CT molecular complexity index is 380. The molecule has 0 saturated heterocycles. The summed E-state index contributed by atoms with van der Waals surface area (Å²) in [5, 5.41) is 11.8.